The third-order valence-corrected chi connectivity index (χ3v) is 5.01. The predicted molar refractivity (Wildman–Crippen MR) is 98.4 cm³/mol. The van der Waals surface area contributed by atoms with Crippen molar-refractivity contribution in [2.24, 2.45) is 0 Å². The predicted octanol–water partition coefficient (Wildman–Crippen LogP) is 2.35. The Morgan fingerprint density at radius 3 is 2.93 bits per heavy atom. The minimum absolute atomic E-state index is 0.202. The van der Waals surface area contributed by atoms with E-state index in [1.165, 1.54) is 7.11 Å². The quantitative estimate of drug-likeness (QED) is 0.653. The molecule has 0 aliphatic carbocycles. The molecule has 3 aromatic heterocycles. The van der Waals surface area contributed by atoms with Crippen LogP contribution in [0.5, 0.6) is 0 Å². The molecule has 27 heavy (non-hydrogen) atoms. The van der Waals surface area contributed by atoms with Gasteiger partial charge in [0, 0.05) is 30.8 Å². The number of esters is 1. The molecule has 0 amide bonds. The number of piperidine rings is 1. The molecule has 8 heteroatoms. The summed E-state index contributed by atoms with van der Waals surface area (Å²) in [5.74, 6) is 0.681. The molecule has 1 saturated heterocycles. The molecule has 0 unspecified atom stereocenters. The van der Waals surface area contributed by atoms with Gasteiger partial charge in [-0.1, -0.05) is 5.16 Å². The molecular formula is C19H23N5O3. The van der Waals surface area contributed by atoms with Crippen LogP contribution in [0.15, 0.2) is 22.9 Å². The van der Waals surface area contributed by atoms with Crippen molar-refractivity contribution in [2.45, 2.75) is 32.6 Å². The van der Waals surface area contributed by atoms with Crippen molar-refractivity contribution in [2.75, 3.05) is 26.7 Å². The van der Waals surface area contributed by atoms with Crippen LogP contribution in [0.1, 0.15) is 35.8 Å². The summed E-state index contributed by atoms with van der Waals surface area (Å²) < 4.78 is 12.3. The normalized spacial score (nSPS) is 18.1. The van der Waals surface area contributed by atoms with Crippen molar-refractivity contribution >= 4 is 11.6 Å². The molecule has 4 rings (SSSR count). The number of hydrogen-bond acceptors (Lipinski definition) is 7. The summed E-state index contributed by atoms with van der Waals surface area (Å²) in [6.07, 6.45) is 3.85. The zero-order valence-electron chi connectivity index (χ0n) is 15.8. The maximum atomic E-state index is 11.7. The molecule has 4 heterocycles. The van der Waals surface area contributed by atoms with E-state index in [2.05, 4.69) is 20.1 Å². The fraction of sp³-hybridized carbons (Fsp3) is 0.474. The summed E-state index contributed by atoms with van der Waals surface area (Å²) in [5.41, 5.74) is 4.50. The average Bonchev–Trinajstić information content (AvgIpc) is 3.25. The second-order valence-corrected chi connectivity index (χ2v) is 7.10. The summed E-state index contributed by atoms with van der Waals surface area (Å²) in [4.78, 5) is 18.4. The highest BCUT2D eigenvalue weighted by atomic mass is 16.5. The van der Waals surface area contributed by atoms with Crippen molar-refractivity contribution in [1.29, 1.82) is 0 Å². The van der Waals surface area contributed by atoms with Gasteiger partial charge in [-0.3, -0.25) is 9.69 Å². The second kappa shape index (κ2) is 7.11. The highest BCUT2D eigenvalue weighted by Gasteiger charge is 2.29. The van der Waals surface area contributed by atoms with E-state index in [0.29, 0.717) is 12.3 Å². The first-order chi connectivity index (χ1) is 13.0. The van der Waals surface area contributed by atoms with Crippen LogP contribution >= 0.6 is 0 Å². The molecule has 142 valence electrons. The molecule has 0 bridgehead atoms. The molecule has 3 aromatic rings. The van der Waals surface area contributed by atoms with E-state index in [1.807, 2.05) is 36.7 Å². The van der Waals surface area contributed by atoms with Crippen LogP contribution in [0.3, 0.4) is 0 Å². The van der Waals surface area contributed by atoms with Gasteiger partial charge in [0.15, 0.2) is 11.4 Å². The van der Waals surface area contributed by atoms with Crippen molar-refractivity contribution in [3.8, 4) is 11.3 Å². The number of ether oxygens (including phenoxy) is 1. The molecule has 1 aliphatic heterocycles. The standard InChI is InChI=1S/C19H23N5O3/c1-12-8-17-20-9-15(16-7-13(2)22-27-16)19(24(17)21-12)14-5-4-6-23(10-14)11-18(25)26-3/h7-9,14H,4-6,10-11H2,1-3H3/t14-/m1/s1. The van der Waals surface area contributed by atoms with Crippen LogP contribution in [-0.4, -0.2) is 57.4 Å². The van der Waals surface area contributed by atoms with Gasteiger partial charge in [-0.2, -0.15) is 5.10 Å². The maximum Gasteiger partial charge on any atom is 0.319 e. The number of carbonyl (C=O) groups is 1. The minimum atomic E-state index is -0.212. The van der Waals surface area contributed by atoms with E-state index >= 15 is 0 Å². The summed E-state index contributed by atoms with van der Waals surface area (Å²) in [6.45, 7) is 5.80. The van der Waals surface area contributed by atoms with Crippen LogP contribution in [0.2, 0.25) is 0 Å². The number of rotatable bonds is 4. The zero-order chi connectivity index (χ0) is 19.0. The monoisotopic (exact) mass is 369 g/mol. The summed E-state index contributed by atoms with van der Waals surface area (Å²) in [6, 6.07) is 3.88. The molecule has 0 radical (unpaired) electrons. The van der Waals surface area contributed by atoms with E-state index in [9.17, 15) is 4.79 Å². The van der Waals surface area contributed by atoms with Crippen LogP contribution in [0, 0.1) is 13.8 Å². The van der Waals surface area contributed by atoms with E-state index < -0.39 is 0 Å². The Morgan fingerprint density at radius 2 is 2.19 bits per heavy atom. The van der Waals surface area contributed by atoms with E-state index in [0.717, 1.165) is 54.2 Å². The first-order valence-electron chi connectivity index (χ1n) is 9.13. The smallest absolute Gasteiger partial charge is 0.319 e. The zero-order valence-corrected chi connectivity index (χ0v) is 15.8. The number of aromatic nitrogens is 4. The number of nitrogens with zero attached hydrogens (tertiary/aromatic N) is 5. The summed E-state index contributed by atoms with van der Waals surface area (Å²) in [7, 11) is 1.42. The van der Waals surface area contributed by atoms with Gasteiger partial charge in [0.25, 0.3) is 0 Å². The molecule has 1 atom stereocenters. The Kier molecular flexibility index (Phi) is 4.65. The van der Waals surface area contributed by atoms with Gasteiger partial charge in [0.2, 0.25) is 0 Å². The largest absolute Gasteiger partial charge is 0.468 e. The minimum Gasteiger partial charge on any atom is -0.468 e. The molecule has 8 nitrogen and oxygen atoms in total. The third kappa shape index (κ3) is 3.44. The van der Waals surface area contributed by atoms with Crippen molar-refractivity contribution in [3.63, 3.8) is 0 Å². The molecule has 0 saturated carbocycles. The van der Waals surface area contributed by atoms with Crippen molar-refractivity contribution < 1.29 is 14.1 Å². The first kappa shape index (κ1) is 17.7. The van der Waals surface area contributed by atoms with E-state index in [1.54, 1.807) is 0 Å². The molecule has 1 aliphatic rings. The lowest BCUT2D eigenvalue weighted by Gasteiger charge is -2.32. The lowest BCUT2D eigenvalue weighted by atomic mass is 9.91. The Labute approximate surface area is 157 Å². The Balaban J connectivity index is 1.77. The topological polar surface area (TPSA) is 85.8 Å². The summed E-state index contributed by atoms with van der Waals surface area (Å²) in [5, 5.41) is 8.69. The summed E-state index contributed by atoms with van der Waals surface area (Å²) >= 11 is 0. The number of methoxy groups -OCH3 is 1. The molecule has 0 spiro atoms. The van der Waals surface area contributed by atoms with Crippen LogP contribution in [-0.2, 0) is 9.53 Å². The van der Waals surface area contributed by atoms with Gasteiger partial charge in [-0.05, 0) is 33.2 Å². The SMILES string of the molecule is COC(=O)CN1CCC[C@@H](c2c(-c3cc(C)no3)cnc3cc(C)nn23)C1. The van der Waals surface area contributed by atoms with E-state index in [4.69, 9.17) is 9.26 Å². The maximum absolute atomic E-state index is 11.7. The van der Waals surface area contributed by atoms with Crippen molar-refractivity contribution in [3.05, 3.63) is 35.4 Å². The van der Waals surface area contributed by atoms with Gasteiger partial charge in [-0.25, -0.2) is 9.50 Å². The Bertz CT molecular complexity index is 977. The fourth-order valence-corrected chi connectivity index (χ4v) is 3.81. The molecule has 1 fully saturated rings. The van der Waals surface area contributed by atoms with Crippen molar-refractivity contribution in [1.82, 2.24) is 24.7 Å². The van der Waals surface area contributed by atoms with Gasteiger partial charge in [0.05, 0.1) is 36.3 Å². The average molecular weight is 369 g/mol. The first-order valence-corrected chi connectivity index (χ1v) is 9.13. The number of fused-ring (bicyclic) bond motifs is 1. The van der Waals surface area contributed by atoms with Crippen LogP contribution in [0.4, 0.5) is 0 Å². The van der Waals surface area contributed by atoms with Gasteiger partial charge in [-0.15, -0.1) is 0 Å². The van der Waals surface area contributed by atoms with Gasteiger partial charge in [0.1, 0.15) is 0 Å². The highest BCUT2D eigenvalue weighted by Crippen LogP contribution is 2.34. The molecule has 0 N–H and O–H groups in total. The fourth-order valence-electron chi connectivity index (χ4n) is 3.81. The second-order valence-electron chi connectivity index (χ2n) is 7.10. The molecular weight excluding hydrogens is 346 g/mol. The van der Waals surface area contributed by atoms with E-state index in [-0.39, 0.29) is 11.9 Å². The Morgan fingerprint density at radius 1 is 1.33 bits per heavy atom. The lowest BCUT2D eigenvalue weighted by molar-refractivity contribution is -0.142. The number of aryl methyl sites for hydroxylation is 2. The van der Waals surface area contributed by atoms with Gasteiger partial charge >= 0.3 is 5.97 Å². The number of carbonyl (C=O) groups excluding carboxylic acids is 1. The number of likely N-dealkylation sites (tertiary alicyclic amines) is 1. The number of hydrogen-bond donors (Lipinski definition) is 0. The third-order valence-electron chi connectivity index (χ3n) is 5.01. The van der Waals surface area contributed by atoms with Crippen LogP contribution in [0.25, 0.3) is 17.0 Å². The Hall–Kier alpha value is -2.74. The lowest BCUT2D eigenvalue weighted by Crippen LogP contribution is -2.39. The molecule has 0 aromatic carbocycles. The highest BCUT2D eigenvalue weighted by molar-refractivity contribution is 5.71. The van der Waals surface area contributed by atoms with Crippen LogP contribution < -0.4 is 0 Å². The van der Waals surface area contributed by atoms with Gasteiger partial charge < -0.3 is 9.26 Å².